The van der Waals surface area contributed by atoms with E-state index in [2.05, 4.69) is 10.3 Å². The van der Waals surface area contributed by atoms with Crippen molar-refractivity contribution in [2.45, 2.75) is 18.8 Å². The molecular formula is C33H26Cl2FN3O2. The van der Waals surface area contributed by atoms with E-state index in [4.69, 9.17) is 23.2 Å². The molecule has 0 saturated carbocycles. The van der Waals surface area contributed by atoms with E-state index in [1.165, 1.54) is 18.2 Å². The highest BCUT2D eigenvalue weighted by atomic mass is 35.5. The van der Waals surface area contributed by atoms with Crippen molar-refractivity contribution in [3.05, 3.63) is 139 Å². The molecule has 1 aliphatic rings. The van der Waals surface area contributed by atoms with Crippen LogP contribution in [0.25, 0.3) is 10.9 Å². The summed E-state index contributed by atoms with van der Waals surface area (Å²) in [6.07, 6.45) is 1.86. The molecule has 0 atom stereocenters. The average molecular weight is 586 g/mol. The van der Waals surface area contributed by atoms with Gasteiger partial charge in [0.25, 0.3) is 5.91 Å². The summed E-state index contributed by atoms with van der Waals surface area (Å²) < 4.78 is 15.1. The smallest absolute Gasteiger partial charge is 0.256 e. The van der Waals surface area contributed by atoms with Gasteiger partial charge in [-0.3, -0.25) is 9.59 Å². The maximum absolute atomic E-state index is 15.1. The largest absolute Gasteiger partial charge is 0.355 e. The fourth-order valence-electron chi connectivity index (χ4n) is 5.45. The normalized spacial score (nSPS) is 13.2. The Bertz CT molecular complexity index is 1750. The molecule has 1 fully saturated rings. The van der Waals surface area contributed by atoms with Crippen LogP contribution < -0.4 is 10.9 Å². The van der Waals surface area contributed by atoms with Crippen LogP contribution in [0.3, 0.4) is 0 Å². The van der Waals surface area contributed by atoms with Crippen LogP contribution in [0.2, 0.25) is 10.0 Å². The predicted octanol–water partition coefficient (Wildman–Crippen LogP) is 8.13. The zero-order chi connectivity index (χ0) is 28.5. The van der Waals surface area contributed by atoms with Crippen LogP contribution in [0, 0.1) is 5.82 Å². The number of rotatable bonds is 6. The first-order chi connectivity index (χ1) is 19.9. The highest BCUT2D eigenvalue weighted by Gasteiger charge is 2.23. The zero-order valence-corrected chi connectivity index (χ0v) is 23.5. The molecule has 0 radical (unpaired) electrons. The molecule has 0 unspecified atom stereocenters. The van der Waals surface area contributed by atoms with E-state index in [0.717, 1.165) is 34.9 Å². The number of fused-ring (bicyclic) bond motifs is 1. The molecular weight excluding hydrogens is 560 g/mol. The summed E-state index contributed by atoms with van der Waals surface area (Å²) in [5.74, 6) is -1.04. The Morgan fingerprint density at radius 3 is 2.02 bits per heavy atom. The minimum Gasteiger partial charge on any atom is -0.355 e. The van der Waals surface area contributed by atoms with Crippen molar-refractivity contribution in [2.75, 3.05) is 18.4 Å². The Labute approximate surface area is 246 Å². The van der Waals surface area contributed by atoms with E-state index in [-0.39, 0.29) is 22.9 Å². The molecule has 1 aliphatic heterocycles. The second-order valence-electron chi connectivity index (χ2n) is 10.2. The van der Waals surface area contributed by atoms with Crippen molar-refractivity contribution in [2.24, 2.45) is 0 Å². The second-order valence-corrected chi connectivity index (χ2v) is 11.1. The molecule has 2 N–H and O–H groups in total. The van der Waals surface area contributed by atoms with Crippen LogP contribution in [0.15, 0.2) is 95.8 Å². The minimum atomic E-state index is -0.604. The molecule has 6 rings (SSSR count). The molecule has 2 heterocycles. The molecule has 1 aromatic heterocycles. The van der Waals surface area contributed by atoms with Gasteiger partial charge in [0.2, 0.25) is 5.56 Å². The third-order valence-corrected chi connectivity index (χ3v) is 7.98. The van der Waals surface area contributed by atoms with Gasteiger partial charge >= 0.3 is 0 Å². The summed E-state index contributed by atoms with van der Waals surface area (Å²) in [6.45, 7) is 1.29. The maximum Gasteiger partial charge on any atom is 0.256 e. The van der Waals surface area contributed by atoms with Crippen molar-refractivity contribution < 1.29 is 9.18 Å². The number of benzene rings is 4. The van der Waals surface area contributed by atoms with Crippen molar-refractivity contribution in [1.29, 1.82) is 0 Å². The molecule has 8 heteroatoms. The van der Waals surface area contributed by atoms with E-state index in [1.807, 2.05) is 66.7 Å². The number of hydrogen-bond donors (Lipinski definition) is 2. The molecule has 5 nitrogen and oxygen atoms in total. The van der Waals surface area contributed by atoms with E-state index >= 15 is 4.39 Å². The van der Waals surface area contributed by atoms with Crippen molar-refractivity contribution in [3.63, 3.8) is 0 Å². The molecule has 0 bridgehead atoms. The molecule has 1 amide bonds. The summed E-state index contributed by atoms with van der Waals surface area (Å²) in [5.41, 5.74) is 4.40. The van der Waals surface area contributed by atoms with Gasteiger partial charge in [-0.25, -0.2) is 4.39 Å². The number of amides is 1. The third kappa shape index (κ3) is 5.71. The predicted molar refractivity (Wildman–Crippen MR) is 163 cm³/mol. The summed E-state index contributed by atoms with van der Waals surface area (Å²) in [4.78, 5) is 29.8. The lowest BCUT2D eigenvalue weighted by Gasteiger charge is -2.20. The van der Waals surface area contributed by atoms with Crippen molar-refractivity contribution in [3.8, 4) is 0 Å². The Kier molecular flexibility index (Phi) is 7.52. The number of nitrogens with zero attached hydrogens (tertiary/aromatic N) is 1. The number of carbonyl (C=O) groups is 1. The van der Waals surface area contributed by atoms with E-state index in [9.17, 15) is 9.59 Å². The Morgan fingerprint density at radius 2 is 1.41 bits per heavy atom. The monoisotopic (exact) mass is 585 g/mol. The number of H-pyrrole nitrogens is 1. The first-order valence-corrected chi connectivity index (χ1v) is 14.1. The van der Waals surface area contributed by atoms with Gasteiger partial charge in [0, 0.05) is 46.2 Å². The summed E-state index contributed by atoms with van der Waals surface area (Å²) >= 11 is 12.4. The third-order valence-electron chi connectivity index (χ3n) is 7.48. The molecule has 0 spiro atoms. The Morgan fingerprint density at radius 1 is 0.805 bits per heavy atom. The molecule has 41 heavy (non-hydrogen) atoms. The van der Waals surface area contributed by atoms with Gasteiger partial charge in [-0.2, -0.15) is 0 Å². The first kappa shape index (κ1) is 27.1. The zero-order valence-electron chi connectivity index (χ0n) is 22.0. The maximum atomic E-state index is 15.1. The van der Waals surface area contributed by atoms with Gasteiger partial charge in [-0.15, -0.1) is 0 Å². The van der Waals surface area contributed by atoms with Crippen LogP contribution in [0.4, 0.5) is 15.8 Å². The van der Waals surface area contributed by atoms with Crippen molar-refractivity contribution >= 4 is 51.4 Å². The molecule has 5 aromatic rings. The quantitative estimate of drug-likeness (QED) is 0.198. The molecule has 1 saturated heterocycles. The lowest BCUT2D eigenvalue weighted by atomic mass is 9.84. The number of aromatic amines is 1. The fourth-order valence-corrected chi connectivity index (χ4v) is 5.71. The van der Waals surface area contributed by atoms with Crippen LogP contribution in [0.5, 0.6) is 0 Å². The second kappa shape index (κ2) is 11.4. The summed E-state index contributed by atoms with van der Waals surface area (Å²) in [5, 5.41) is 5.25. The highest BCUT2D eigenvalue weighted by molar-refractivity contribution is 6.30. The standard InChI is InChI=1S/C33H26Cl2FN3O2/c34-23-8-3-20(4-9-23)32(21-5-10-24(35)11-6-21)22-7-14-29-27(17-22)30(19-31(40)38-29)37-25-12-13-26(28(36)18-25)33(41)39-15-1-2-16-39/h3-14,17-19,32H,1-2,15-16H2,(H2,37,38,40). The number of likely N-dealkylation sites (tertiary alicyclic amines) is 1. The number of nitrogens with one attached hydrogen (secondary N) is 2. The number of aromatic nitrogens is 1. The molecule has 206 valence electrons. The van der Waals surface area contributed by atoms with Gasteiger partial charge in [0.1, 0.15) is 5.82 Å². The summed E-state index contributed by atoms with van der Waals surface area (Å²) in [7, 11) is 0. The topological polar surface area (TPSA) is 65.2 Å². The number of halogens is 3. The number of pyridine rings is 1. The lowest BCUT2D eigenvalue weighted by Crippen LogP contribution is -2.28. The Balaban J connectivity index is 1.40. The van der Waals surface area contributed by atoms with E-state index < -0.39 is 5.82 Å². The van der Waals surface area contributed by atoms with Gasteiger partial charge in [-0.1, -0.05) is 53.5 Å². The van der Waals surface area contributed by atoms with Gasteiger partial charge in [0.15, 0.2) is 0 Å². The van der Waals surface area contributed by atoms with E-state index in [0.29, 0.717) is 40.0 Å². The highest BCUT2D eigenvalue weighted by Crippen LogP contribution is 2.36. The van der Waals surface area contributed by atoms with Crippen LogP contribution in [0.1, 0.15) is 45.8 Å². The Hall–Kier alpha value is -4.13. The molecule has 4 aromatic carbocycles. The van der Waals surface area contributed by atoms with Crippen LogP contribution >= 0.6 is 23.2 Å². The van der Waals surface area contributed by atoms with E-state index in [1.54, 1.807) is 11.0 Å². The van der Waals surface area contributed by atoms with Gasteiger partial charge in [-0.05, 0) is 84.1 Å². The number of anilines is 2. The first-order valence-electron chi connectivity index (χ1n) is 13.4. The molecule has 0 aliphatic carbocycles. The van der Waals surface area contributed by atoms with Crippen LogP contribution in [-0.4, -0.2) is 28.9 Å². The lowest BCUT2D eigenvalue weighted by molar-refractivity contribution is 0.0788. The summed E-state index contributed by atoms with van der Waals surface area (Å²) in [6, 6.07) is 27.2. The van der Waals surface area contributed by atoms with Gasteiger partial charge < -0.3 is 15.2 Å². The van der Waals surface area contributed by atoms with Crippen molar-refractivity contribution in [1.82, 2.24) is 9.88 Å². The van der Waals surface area contributed by atoms with Gasteiger partial charge in [0.05, 0.1) is 16.8 Å². The number of hydrogen-bond acceptors (Lipinski definition) is 3. The average Bonchev–Trinajstić information content (AvgIpc) is 3.50. The SMILES string of the molecule is O=C(c1ccc(Nc2cc(=O)[nH]c3ccc(C(c4ccc(Cl)cc4)c4ccc(Cl)cc4)cc23)cc1F)N1CCCC1. The fraction of sp³-hybridized carbons (Fsp3) is 0.152. The number of carbonyl (C=O) groups excluding carboxylic acids is 1. The van der Waals surface area contributed by atoms with Crippen LogP contribution in [-0.2, 0) is 0 Å². The minimum absolute atomic E-state index is 0.0456.